The van der Waals surface area contributed by atoms with Gasteiger partial charge in [-0.3, -0.25) is 4.79 Å². The van der Waals surface area contributed by atoms with Crippen LogP contribution in [0.25, 0.3) is 0 Å². The molecular formula is C14H16N2O. The number of rotatable bonds is 2. The lowest BCUT2D eigenvalue weighted by molar-refractivity contribution is 0.102. The monoisotopic (exact) mass is 228 g/mol. The van der Waals surface area contributed by atoms with Crippen LogP contribution in [0.4, 0.5) is 11.4 Å². The highest BCUT2D eigenvalue weighted by atomic mass is 16.1. The van der Waals surface area contributed by atoms with Crippen molar-refractivity contribution in [1.82, 2.24) is 0 Å². The van der Waals surface area contributed by atoms with Crippen molar-refractivity contribution >= 4 is 17.3 Å². The van der Waals surface area contributed by atoms with Gasteiger partial charge < -0.3 is 11.1 Å². The third kappa shape index (κ3) is 3.34. The molecule has 17 heavy (non-hydrogen) atoms. The van der Waals surface area contributed by atoms with Gasteiger partial charge in [-0.2, -0.15) is 0 Å². The number of nitrogens with one attached hydrogen (secondary N) is 1. The van der Waals surface area contributed by atoms with Crippen LogP contribution in [-0.4, -0.2) is 5.91 Å². The zero-order valence-corrected chi connectivity index (χ0v) is 8.68. The van der Waals surface area contributed by atoms with E-state index in [0.29, 0.717) is 11.3 Å². The van der Waals surface area contributed by atoms with Gasteiger partial charge >= 0.3 is 0 Å². The van der Waals surface area contributed by atoms with E-state index in [2.05, 4.69) is 5.32 Å². The van der Waals surface area contributed by atoms with Gasteiger partial charge in [0.2, 0.25) is 0 Å². The lowest BCUT2D eigenvalue weighted by Gasteiger charge is -2.05. The Morgan fingerprint density at radius 3 is 2.12 bits per heavy atom. The van der Waals surface area contributed by atoms with Gasteiger partial charge in [-0.15, -0.1) is 0 Å². The molecule has 0 unspecified atom stereocenters. The smallest absolute Gasteiger partial charge is 0.255 e. The van der Waals surface area contributed by atoms with Crippen LogP contribution >= 0.6 is 0 Å². The molecule has 0 heterocycles. The second-order valence-corrected chi connectivity index (χ2v) is 3.44. The van der Waals surface area contributed by atoms with Crippen molar-refractivity contribution in [3.05, 3.63) is 60.2 Å². The summed E-state index contributed by atoms with van der Waals surface area (Å²) in [7, 11) is 0. The number of carbonyl (C=O) groups is 1. The standard InChI is InChI=1S/C13H12N2O.CH4/c14-11-6-8-12(9-7-11)15-13(16)10-4-2-1-3-5-10;/h1-9H,14H2,(H,15,16);1H4. The molecule has 0 aliphatic carbocycles. The lowest BCUT2D eigenvalue weighted by atomic mass is 10.2. The van der Waals surface area contributed by atoms with Crippen LogP contribution in [0.15, 0.2) is 54.6 Å². The van der Waals surface area contributed by atoms with Crippen LogP contribution in [0.1, 0.15) is 17.8 Å². The lowest BCUT2D eigenvalue weighted by Crippen LogP contribution is -2.11. The third-order valence-corrected chi connectivity index (χ3v) is 2.20. The summed E-state index contributed by atoms with van der Waals surface area (Å²) in [5.74, 6) is -0.120. The van der Waals surface area contributed by atoms with Gasteiger partial charge in [-0.1, -0.05) is 25.6 Å². The Balaban J connectivity index is 0.00000144. The Kier molecular flexibility index (Phi) is 4.29. The number of amides is 1. The molecule has 0 saturated carbocycles. The highest BCUT2D eigenvalue weighted by Crippen LogP contribution is 2.11. The minimum absolute atomic E-state index is 0. The fourth-order valence-electron chi connectivity index (χ4n) is 1.36. The molecule has 0 aliphatic rings. The number of anilines is 2. The molecule has 2 aromatic carbocycles. The number of benzene rings is 2. The third-order valence-electron chi connectivity index (χ3n) is 2.20. The molecule has 0 aliphatic heterocycles. The summed E-state index contributed by atoms with van der Waals surface area (Å²) in [6.07, 6.45) is 0. The largest absolute Gasteiger partial charge is 0.399 e. The van der Waals surface area contributed by atoms with Gasteiger partial charge in [-0.25, -0.2) is 0 Å². The highest BCUT2D eigenvalue weighted by molar-refractivity contribution is 6.04. The van der Waals surface area contributed by atoms with E-state index >= 15 is 0 Å². The van der Waals surface area contributed by atoms with Crippen molar-refractivity contribution in [2.45, 2.75) is 7.43 Å². The quantitative estimate of drug-likeness (QED) is 0.776. The van der Waals surface area contributed by atoms with Crippen LogP contribution in [0.2, 0.25) is 0 Å². The maximum Gasteiger partial charge on any atom is 0.255 e. The summed E-state index contributed by atoms with van der Waals surface area (Å²) in [6, 6.07) is 16.1. The number of hydrogen-bond acceptors (Lipinski definition) is 2. The second kappa shape index (κ2) is 5.70. The summed E-state index contributed by atoms with van der Waals surface area (Å²) in [4.78, 5) is 11.8. The fraction of sp³-hybridized carbons (Fsp3) is 0.0714. The molecule has 0 spiro atoms. The number of nitrogens with two attached hydrogens (primary N) is 1. The van der Waals surface area contributed by atoms with Crippen LogP contribution in [0.5, 0.6) is 0 Å². The summed E-state index contributed by atoms with van der Waals surface area (Å²) in [6.45, 7) is 0. The van der Waals surface area contributed by atoms with Crippen molar-refractivity contribution in [2.24, 2.45) is 0 Å². The minimum atomic E-state index is -0.120. The second-order valence-electron chi connectivity index (χ2n) is 3.44. The average molecular weight is 228 g/mol. The van der Waals surface area contributed by atoms with Crippen LogP contribution in [-0.2, 0) is 0 Å². The molecular weight excluding hydrogens is 212 g/mol. The molecule has 2 rings (SSSR count). The molecule has 1 amide bonds. The molecule has 0 radical (unpaired) electrons. The number of carbonyl (C=O) groups excluding carboxylic acids is 1. The van der Waals surface area contributed by atoms with E-state index < -0.39 is 0 Å². The first-order valence-corrected chi connectivity index (χ1v) is 4.97. The van der Waals surface area contributed by atoms with Crippen LogP contribution < -0.4 is 11.1 Å². The molecule has 0 aromatic heterocycles. The van der Waals surface area contributed by atoms with E-state index in [1.165, 1.54) is 0 Å². The molecule has 3 N–H and O–H groups in total. The normalized spacial score (nSPS) is 9.18. The van der Waals surface area contributed by atoms with E-state index in [1.54, 1.807) is 36.4 Å². The predicted octanol–water partition coefficient (Wildman–Crippen LogP) is 3.16. The van der Waals surface area contributed by atoms with E-state index in [0.717, 1.165) is 5.69 Å². The molecule has 3 heteroatoms. The van der Waals surface area contributed by atoms with Gasteiger partial charge in [0.25, 0.3) is 5.91 Å². The van der Waals surface area contributed by atoms with E-state index in [9.17, 15) is 4.79 Å². The summed E-state index contributed by atoms with van der Waals surface area (Å²) in [5.41, 5.74) is 7.61. The van der Waals surface area contributed by atoms with Gasteiger partial charge in [0.15, 0.2) is 0 Å². The first-order chi connectivity index (χ1) is 7.75. The summed E-state index contributed by atoms with van der Waals surface area (Å²) in [5, 5.41) is 2.79. The number of hydrogen-bond donors (Lipinski definition) is 2. The number of nitrogen functional groups attached to an aromatic ring is 1. The molecule has 0 atom stereocenters. The average Bonchev–Trinajstić information content (AvgIpc) is 2.33. The van der Waals surface area contributed by atoms with Crippen molar-refractivity contribution in [3.63, 3.8) is 0 Å². The van der Waals surface area contributed by atoms with Gasteiger partial charge in [0.05, 0.1) is 0 Å². The van der Waals surface area contributed by atoms with Crippen molar-refractivity contribution < 1.29 is 4.79 Å². The van der Waals surface area contributed by atoms with Gasteiger partial charge in [0.1, 0.15) is 0 Å². The minimum Gasteiger partial charge on any atom is -0.399 e. The molecule has 0 saturated heterocycles. The zero-order valence-electron chi connectivity index (χ0n) is 8.68. The van der Waals surface area contributed by atoms with Crippen molar-refractivity contribution in [2.75, 3.05) is 11.1 Å². The van der Waals surface area contributed by atoms with Crippen molar-refractivity contribution in [3.8, 4) is 0 Å². The highest BCUT2D eigenvalue weighted by Gasteiger charge is 2.03. The SMILES string of the molecule is C.Nc1ccc(NC(=O)c2ccccc2)cc1. The molecule has 0 fully saturated rings. The molecule has 0 bridgehead atoms. The molecule has 88 valence electrons. The fourth-order valence-corrected chi connectivity index (χ4v) is 1.36. The van der Waals surface area contributed by atoms with Crippen molar-refractivity contribution in [1.29, 1.82) is 0 Å². The Labute approximate surface area is 101 Å². The zero-order chi connectivity index (χ0) is 11.4. The molecule has 2 aromatic rings. The maximum absolute atomic E-state index is 11.8. The van der Waals surface area contributed by atoms with E-state index in [-0.39, 0.29) is 13.3 Å². The van der Waals surface area contributed by atoms with Crippen LogP contribution in [0.3, 0.4) is 0 Å². The summed E-state index contributed by atoms with van der Waals surface area (Å²) >= 11 is 0. The maximum atomic E-state index is 11.8. The Hall–Kier alpha value is -2.29. The topological polar surface area (TPSA) is 55.1 Å². The summed E-state index contributed by atoms with van der Waals surface area (Å²) < 4.78 is 0. The van der Waals surface area contributed by atoms with Gasteiger partial charge in [-0.05, 0) is 36.4 Å². The molecule has 3 nitrogen and oxygen atoms in total. The first kappa shape index (κ1) is 12.8. The van der Waals surface area contributed by atoms with E-state index in [4.69, 9.17) is 5.73 Å². The Bertz CT molecular complexity index is 477. The Morgan fingerprint density at radius 1 is 0.941 bits per heavy atom. The first-order valence-electron chi connectivity index (χ1n) is 4.97. The Morgan fingerprint density at radius 2 is 1.53 bits per heavy atom. The van der Waals surface area contributed by atoms with E-state index in [1.807, 2.05) is 18.2 Å². The van der Waals surface area contributed by atoms with Crippen LogP contribution in [0, 0.1) is 0 Å². The predicted molar refractivity (Wildman–Crippen MR) is 72.0 cm³/mol. The van der Waals surface area contributed by atoms with Gasteiger partial charge in [0, 0.05) is 16.9 Å².